The Morgan fingerprint density at radius 3 is 2.61 bits per heavy atom. The minimum atomic E-state index is -0.895. The van der Waals surface area contributed by atoms with E-state index >= 15 is 0 Å². The zero-order valence-electron chi connectivity index (χ0n) is 25.0. The van der Waals surface area contributed by atoms with Gasteiger partial charge < -0.3 is 20.3 Å². The molecule has 0 aromatic heterocycles. The first-order valence-corrected chi connectivity index (χ1v) is 16.2. The number of hydrogen-bond donors (Lipinski definition) is 3. The summed E-state index contributed by atoms with van der Waals surface area (Å²) in [5.74, 6) is 2.72. The summed E-state index contributed by atoms with van der Waals surface area (Å²) < 4.78 is 0. The van der Waals surface area contributed by atoms with Gasteiger partial charge in [-0.2, -0.15) is 0 Å². The number of nitrogens with one attached hydrogen (secondary N) is 3. The number of carbonyl (C=O) groups is 2. The van der Waals surface area contributed by atoms with Gasteiger partial charge in [0, 0.05) is 26.1 Å². The highest BCUT2D eigenvalue weighted by Crippen LogP contribution is 2.48. The van der Waals surface area contributed by atoms with Crippen molar-refractivity contribution in [2.24, 2.45) is 23.7 Å². The molecular weight excluding hydrogens is 507 g/mol. The van der Waals surface area contributed by atoms with E-state index in [9.17, 15) is 9.59 Å². The first kappa shape index (κ1) is 29.7. The molecule has 4 aliphatic rings. The van der Waals surface area contributed by atoms with Gasteiger partial charge in [-0.3, -0.25) is 10.2 Å². The number of hydrogen-bond acceptors (Lipinski definition) is 3. The maximum atomic E-state index is 13.0. The predicted octanol–water partition coefficient (Wildman–Crippen LogP) is 4.35. The Labute approximate surface area is 247 Å². The van der Waals surface area contributed by atoms with Gasteiger partial charge in [-0.15, -0.1) is 0 Å². The van der Waals surface area contributed by atoms with E-state index in [0.717, 1.165) is 68.9 Å². The molecule has 3 N–H and O–H groups in total. The van der Waals surface area contributed by atoms with Gasteiger partial charge in [-0.1, -0.05) is 80.1 Å². The van der Waals surface area contributed by atoms with E-state index < -0.39 is 5.54 Å². The fraction of sp³-hybridized carbons (Fsp3) is 0.618. The number of guanidine groups is 1. The molecule has 41 heavy (non-hydrogen) atoms. The number of carbonyl (C=O) groups excluding carboxylic acids is 2. The lowest BCUT2D eigenvalue weighted by Crippen LogP contribution is -2.53. The molecule has 1 amide bonds. The standard InChI is InChI=1S/C34H49BN4O2/c35-30-13-7-12-29(22-30)34(24-40,17-14-25-8-3-1-4-9-25)38-33(36)37-23-26-15-18-39(19-16-26)32(41)21-28-20-31(28)27-10-5-2-6-11-27/h5,7,10-13,22,24-26,28,31H,1-4,6,8-9,14-21,23,35H2,(H3,36,37,38). The van der Waals surface area contributed by atoms with Crippen LogP contribution in [0.1, 0.15) is 89.0 Å². The highest BCUT2D eigenvalue weighted by molar-refractivity contribution is 6.32. The topological polar surface area (TPSA) is 85.3 Å². The summed E-state index contributed by atoms with van der Waals surface area (Å²) >= 11 is 0. The number of likely N-dealkylation sites (tertiary alicyclic amines) is 1. The van der Waals surface area contributed by atoms with E-state index in [1.54, 1.807) is 0 Å². The molecule has 3 unspecified atom stereocenters. The normalized spacial score (nSPS) is 24.7. The number of nitrogens with zero attached hydrogens (tertiary/aromatic N) is 1. The molecule has 3 atom stereocenters. The SMILES string of the molecule is Bc1cccc(C(C=O)(CCC2CCCCC2)NC(=N)NCC2CCN(C(=O)CC3CC3C3=CCCC=C3)CC2)c1. The van der Waals surface area contributed by atoms with Crippen molar-refractivity contribution in [3.63, 3.8) is 0 Å². The molecule has 5 rings (SSSR count). The van der Waals surface area contributed by atoms with Gasteiger partial charge in [0.2, 0.25) is 5.91 Å². The van der Waals surface area contributed by atoms with Crippen molar-refractivity contribution in [3.05, 3.63) is 53.6 Å². The molecule has 1 aromatic rings. The minimum absolute atomic E-state index is 0.214. The summed E-state index contributed by atoms with van der Waals surface area (Å²) in [6.07, 6.45) is 22.0. The lowest BCUT2D eigenvalue weighted by atomic mass is 9.78. The lowest BCUT2D eigenvalue weighted by molar-refractivity contribution is -0.133. The summed E-state index contributed by atoms with van der Waals surface area (Å²) in [4.78, 5) is 27.7. The fourth-order valence-electron chi connectivity index (χ4n) is 7.31. The Hall–Kier alpha value is -2.83. The molecule has 6 nitrogen and oxygen atoms in total. The van der Waals surface area contributed by atoms with Crippen molar-refractivity contribution in [2.75, 3.05) is 19.6 Å². The molecule has 3 aliphatic carbocycles. The largest absolute Gasteiger partial charge is 0.356 e. The van der Waals surface area contributed by atoms with Crippen LogP contribution in [0.15, 0.2) is 48.1 Å². The summed E-state index contributed by atoms with van der Waals surface area (Å²) in [6, 6.07) is 8.15. The lowest BCUT2D eigenvalue weighted by Gasteiger charge is -2.35. The summed E-state index contributed by atoms with van der Waals surface area (Å²) in [7, 11) is 2.05. The third-order valence-corrected chi connectivity index (χ3v) is 10.1. The average molecular weight is 557 g/mol. The van der Waals surface area contributed by atoms with Crippen molar-refractivity contribution < 1.29 is 9.59 Å². The average Bonchev–Trinajstić information content (AvgIpc) is 3.78. The molecular formula is C34H49BN4O2. The third-order valence-electron chi connectivity index (χ3n) is 10.1. The van der Waals surface area contributed by atoms with Gasteiger partial charge in [0.25, 0.3) is 0 Å². The minimum Gasteiger partial charge on any atom is -0.356 e. The predicted molar refractivity (Wildman–Crippen MR) is 169 cm³/mol. The number of aldehydes is 1. The Kier molecular flexibility index (Phi) is 10.1. The molecule has 2 saturated carbocycles. The van der Waals surface area contributed by atoms with E-state index in [1.807, 2.05) is 12.1 Å². The van der Waals surface area contributed by atoms with E-state index in [4.69, 9.17) is 5.41 Å². The zero-order valence-corrected chi connectivity index (χ0v) is 25.0. The van der Waals surface area contributed by atoms with Crippen LogP contribution in [0.2, 0.25) is 0 Å². The van der Waals surface area contributed by atoms with Gasteiger partial charge >= 0.3 is 0 Å². The van der Waals surface area contributed by atoms with Gasteiger partial charge in [-0.25, -0.2) is 0 Å². The number of allylic oxidation sites excluding steroid dienone is 4. The fourth-order valence-corrected chi connectivity index (χ4v) is 7.31. The van der Waals surface area contributed by atoms with Crippen molar-refractivity contribution in [1.82, 2.24) is 15.5 Å². The summed E-state index contributed by atoms with van der Waals surface area (Å²) in [5.41, 5.74) is 2.61. The molecule has 1 saturated heterocycles. The molecule has 0 spiro atoms. The van der Waals surface area contributed by atoms with E-state index in [0.29, 0.717) is 49.0 Å². The van der Waals surface area contributed by atoms with Gasteiger partial charge in [0.15, 0.2) is 5.96 Å². The second kappa shape index (κ2) is 13.9. The Morgan fingerprint density at radius 2 is 1.90 bits per heavy atom. The van der Waals surface area contributed by atoms with Crippen molar-refractivity contribution in [3.8, 4) is 0 Å². The highest BCUT2D eigenvalue weighted by Gasteiger charge is 2.41. The number of amides is 1. The zero-order chi connectivity index (χ0) is 28.7. The maximum Gasteiger partial charge on any atom is 0.222 e. The Balaban J connectivity index is 1.08. The van der Waals surface area contributed by atoms with Crippen LogP contribution in [0.25, 0.3) is 0 Å². The highest BCUT2D eigenvalue weighted by atomic mass is 16.2. The monoisotopic (exact) mass is 556 g/mol. The van der Waals surface area contributed by atoms with Crippen LogP contribution in [0.5, 0.6) is 0 Å². The molecule has 0 bridgehead atoms. The summed E-state index contributed by atoms with van der Waals surface area (Å²) in [5, 5.41) is 15.3. The first-order chi connectivity index (χ1) is 20.0. The first-order valence-electron chi connectivity index (χ1n) is 16.2. The molecule has 1 aliphatic heterocycles. The van der Waals surface area contributed by atoms with Crippen LogP contribution in [0, 0.1) is 29.1 Å². The second-order valence-electron chi connectivity index (χ2n) is 13.2. The van der Waals surface area contributed by atoms with Crippen LogP contribution >= 0.6 is 0 Å². The molecule has 7 heteroatoms. The van der Waals surface area contributed by atoms with Crippen LogP contribution in [-0.4, -0.2) is 50.5 Å². The summed E-state index contributed by atoms with van der Waals surface area (Å²) in [6.45, 7) is 2.29. The smallest absolute Gasteiger partial charge is 0.222 e. The van der Waals surface area contributed by atoms with Crippen LogP contribution in [0.4, 0.5) is 0 Å². The van der Waals surface area contributed by atoms with Crippen LogP contribution < -0.4 is 16.1 Å². The van der Waals surface area contributed by atoms with Crippen LogP contribution in [0.3, 0.4) is 0 Å². The molecule has 0 radical (unpaired) electrons. The second-order valence-corrected chi connectivity index (χ2v) is 13.2. The Bertz CT molecular complexity index is 1140. The van der Waals surface area contributed by atoms with Crippen molar-refractivity contribution >= 4 is 31.5 Å². The number of benzene rings is 1. The quantitative estimate of drug-likeness (QED) is 0.164. The molecule has 3 fully saturated rings. The molecule has 1 aromatic carbocycles. The van der Waals surface area contributed by atoms with E-state index in [1.165, 1.54) is 37.7 Å². The number of piperidine rings is 1. The maximum absolute atomic E-state index is 13.0. The third kappa shape index (κ3) is 7.93. The van der Waals surface area contributed by atoms with E-state index in [-0.39, 0.29) is 5.96 Å². The van der Waals surface area contributed by atoms with E-state index in [2.05, 4.69) is 53.7 Å². The Morgan fingerprint density at radius 1 is 1.10 bits per heavy atom. The molecule has 220 valence electrons. The molecule has 1 heterocycles. The van der Waals surface area contributed by atoms with Crippen molar-refractivity contribution in [2.45, 2.75) is 89.0 Å². The van der Waals surface area contributed by atoms with Crippen LogP contribution in [-0.2, 0) is 15.1 Å². The van der Waals surface area contributed by atoms with Gasteiger partial charge in [-0.05, 0) is 79.8 Å². The van der Waals surface area contributed by atoms with Gasteiger partial charge in [0.05, 0.1) is 0 Å². The van der Waals surface area contributed by atoms with Crippen molar-refractivity contribution in [1.29, 1.82) is 5.41 Å². The number of rotatable bonds is 11. The van der Waals surface area contributed by atoms with Gasteiger partial charge in [0.1, 0.15) is 19.7 Å².